The number of nitrogens with two attached hydrogens (primary N) is 1. The number of benzene rings is 1. The van der Waals surface area contributed by atoms with E-state index in [4.69, 9.17) is 17.3 Å². The minimum Gasteiger partial charge on any atom is -0.504 e. The van der Waals surface area contributed by atoms with Crippen molar-refractivity contribution in [3.63, 3.8) is 0 Å². The molecule has 1 aromatic carbocycles. The maximum absolute atomic E-state index is 13.4. The van der Waals surface area contributed by atoms with Crippen LogP contribution >= 0.6 is 11.6 Å². The van der Waals surface area contributed by atoms with Gasteiger partial charge in [0.15, 0.2) is 11.6 Å². The first-order valence-corrected chi connectivity index (χ1v) is 5.26. The third-order valence-electron chi connectivity index (χ3n) is 2.70. The Bertz CT molecular complexity index is 569. The summed E-state index contributed by atoms with van der Waals surface area (Å²) in [6.45, 7) is 1.68. The summed E-state index contributed by atoms with van der Waals surface area (Å²) in [6.07, 6.45) is 1.47. The molecule has 1 aromatic heterocycles. The summed E-state index contributed by atoms with van der Waals surface area (Å²) in [5, 5.41) is 13.9. The molecule has 2 rings (SSSR count). The van der Waals surface area contributed by atoms with Crippen molar-refractivity contribution in [3.8, 4) is 16.9 Å². The summed E-state index contributed by atoms with van der Waals surface area (Å²) in [7, 11) is 1.66. The average molecular weight is 256 g/mol. The van der Waals surface area contributed by atoms with E-state index in [1.54, 1.807) is 14.0 Å². The number of hydrogen-bond acceptors (Lipinski definition) is 3. The van der Waals surface area contributed by atoms with Gasteiger partial charge in [0.25, 0.3) is 0 Å². The highest BCUT2D eigenvalue weighted by atomic mass is 35.5. The molecule has 0 unspecified atom stereocenters. The van der Waals surface area contributed by atoms with Gasteiger partial charge in [0.2, 0.25) is 0 Å². The third kappa shape index (κ3) is 1.72. The third-order valence-corrected chi connectivity index (χ3v) is 3.10. The average Bonchev–Trinajstić information content (AvgIpc) is 2.59. The van der Waals surface area contributed by atoms with E-state index in [2.05, 4.69) is 5.10 Å². The summed E-state index contributed by atoms with van der Waals surface area (Å²) >= 11 is 5.88. The Morgan fingerprint density at radius 1 is 1.53 bits per heavy atom. The number of hydrogen-bond donors (Lipinski definition) is 2. The molecule has 0 aliphatic carbocycles. The second kappa shape index (κ2) is 3.92. The van der Waals surface area contributed by atoms with Crippen molar-refractivity contribution in [2.75, 3.05) is 5.73 Å². The molecule has 4 nitrogen and oxygen atoms in total. The maximum atomic E-state index is 13.4. The van der Waals surface area contributed by atoms with E-state index in [0.29, 0.717) is 16.9 Å². The minimum atomic E-state index is -0.779. The van der Waals surface area contributed by atoms with Gasteiger partial charge in [-0.3, -0.25) is 4.68 Å². The molecule has 0 saturated carbocycles. The first kappa shape index (κ1) is 11.7. The molecule has 0 aliphatic rings. The van der Waals surface area contributed by atoms with Gasteiger partial charge in [0, 0.05) is 23.2 Å². The van der Waals surface area contributed by atoms with Crippen LogP contribution in [0.2, 0.25) is 5.02 Å². The summed E-state index contributed by atoms with van der Waals surface area (Å²) in [6, 6.07) is 1.07. The van der Waals surface area contributed by atoms with E-state index >= 15 is 0 Å². The highest BCUT2D eigenvalue weighted by Crippen LogP contribution is 2.40. The lowest BCUT2D eigenvalue weighted by atomic mass is 10.0. The smallest absolute Gasteiger partial charge is 0.166 e. The van der Waals surface area contributed by atoms with Crippen molar-refractivity contribution in [1.82, 2.24) is 9.78 Å². The predicted molar refractivity (Wildman–Crippen MR) is 64.4 cm³/mol. The molecule has 6 heteroatoms. The number of aromatic hydroxyl groups is 1. The Balaban J connectivity index is 2.79. The van der Waals surface area contributed by atoms with E-state index in [9.17, 15) is 9.50 Å². The summed E-state index contributed by atoms with van der Waals surface area (Å²) in [5.41, 5.74) is 7.10. The number of aromatic nitrogens is 2. The minimum absolute atomic E-state index is 0.235. The van der Waals surface area contributed by atoms with Crippen molar-refractivity contribution in [1.29, 1.82) is 0 Å². The molecule has 0 aliphatic heterocycles. The largest absolute Gasteiger partial charge is 0.504 e. The van der Waals surface area contributed by atoms with E-state index in [1.807, 2.05) is 0 Å². The lowest BCUT2D eigenvalue weighted by molar-refractivity contribution is 0.434. The Kier molecular flexibility index (Phi) is 2.71. The summed E-state index contributed by atoms with van der Waals surface area (Å²) < 4.78 is 14.9. The zero-order valence-corrected chi connectivity index (χ0v) is 10.1. The molecule has 0 bridgehead atoms. The van der Waals surface area contributed by atoms with Crippen LogP contribution in [0.4, 0.5) is 10.2 Å². The molecule has 1 heterocycles. The standard InChI is InChI=1S/C11H11ClFN3O/c1-5-7(12)3-8(13)10(17)9(5)6-4-15-16(2)11(6)14/h3-4,17H,14H2,1-2H3. The van der Waals surface area contributed by atoms with Crippen LogP contribution in [0.5, 0.6) is 5.75 Å². The Morgan fingerprint density at radius 2 is 2.18 bits per heavy atom. The monoisotopic (exact) mass is 255 g/mol. The van der Waals surface area contributed by atoms with Gasteiger partial charge in [-0.25, -0.2) is 4.39 Å². The van der Waals surface area contributed by atoms with Crippen LogP contribution in [0.1, 0.15) is 5.56 Å². The van der Waals surface area contributed by atoms with Crippen LogP contribution in [0, 0.1) is 12.7 Å². The van der Waals surface area contributed by atoms with Gasteiger partial charge >= 0.3 is 0 Å². The normalized spacial score (nSPS) is 10.8. The van der Waals surface area contributed by atoms with Crippen LogP contribution in [0.25, 0.3) is 11.1 Å². The molecular weight excluding hydrogens is 245 g/mol. The molecule has 0 atom stereocenters. The van der Waals surface area contributed by atoms with Gasteiger partial charge in [0.1, 0.15) is 5.82 Å². The van der Waals surface area contributed by atoms with Crippen molar-refractivity contribution in [3.05, 3.63) is 28.7 Å². The highest BCUT2D eigenvalue weighted by Gasteiger charge is 2.19. The fraction of sp³-hybridized carbons (Fsp3) is 0.182. The summed E-state index contributed by atoms with van der Waals surface area (Å²) in [4.78, 5) is 0. The zero-order chi connectivity index (χ0) is 12.7. The SMILES string of the molecule is Cc1c(Cl)cc(F)c(O)c1-c1cnn(C)c1N. The first-order chi connectivity index (χ1) is 7.93. The van der Waals surface area contributed by atoms with Gasteiger partial charge in [-0.05, 0) is 18.6 Å². The molecule has 0 radical (unpaired) electrons. The maximum Gasteiger partial charge on any atom is 0.166 e. The molecule has 0 fully saturated rings. The van der Waals surface area contributed by atoms with Crippen molar-refractivity contribution < 1.29 is 9.50 Å². The number of nitrogens with zero attached hydrogens (tertiary/aromatic N) is 2. The molecular formula is C11H11ClFN3O. The fourth-order valence-electron chi connectivity index (χ4n) is 1.67. The molecule has 2 aromatic rings. The number of anilines is 1. The first-order valence-electron chi connectivity index (χ1n) is 4.89. The van der Waals surface area contributed by atoms with Crippen LogP contribution in [0.15, 0.2) is 12.3 Å². The van der Waals surface area contributed by atoms with Gasteiger partial charge in [-0.2, -0.15) is 5.10 Å². The second-order valence-electron chi connectivity index (χ2n) is 3.76. The van der Waals surface area contributed by atoms with Crippen molar-refractivity contribution in [2.24, 2.45) is 7.05 Å². The topological polar surface area (TPSA) is 64.1 Å². The molecule has 3 N–H and O–H groups in total. The van der Waals surface area contributed by atoms with E-state index in [1.165, 1.54) is 10.9 Å². The molecule has 0 spiro atoms. The molecule has 0 amide bonds. The molecule has 17 heavy (non-hydrogen) atoms. The van der Waals surface area contributed by atoms with Crippen LogP contribution < -0.4 is 5.73 Å². The quantitative estimate of drug-likeness (QED) is 0.823. The number of aryl methyl sites for hydroxylation is 1. The zero-order valence-electron chi connectivity index (χ0n) is 9.33. The van der Waals surface area contributed by atoms with E-state index in [0.717, 1.165) is 6.07 Å². The van der Waals surface area contributed by atoms with E-state index in [-0.39, 0.29) is 10.6 Å². The molecule has 90 valence electrons. The van der Waals surface area contributed by atoms with Crippen LogP contribution in [-0.2, 0) is 7.05 Å². The Morgan fingerprint density at radius 3 is 2.71 bits per heavy atom. The molecule has 0 saturated heterocycles. The van der Waals surface area contributed by atoms with Crippen LogP contribution in [0.3, 0.4) is 0 Å². The van der Waals surface area contributed by atoms with Gasteiger partial charge in [0.05, 0.1) is 6.20 Å². The van der Waals surface area contributed by atoms with E-state index < -0.39 is 11.6 Å². The van der Waals surface area contributed by atoms with Gasteiger partial charge in [-0.1, -0.05) is 11.6 Å². The fourth-order valence-corrected chi connectivity index (χ4v) is 1.86. The number of phenols is 1. The van der Waals surface area contributed by atoms with Gasteiger partial charge in [-0.15, -0.1) is 0 Å². The van der Waals surface area contributed by atoms with Crippen LogP contribution in [-0.4, -0.2) is 14.9 Å². The predicted octanol–water partition coefficient (Wildman–Crippen LogP) is 2.48. The number of rotatable bonds is 1. The van der Waals surface area contributed by atoms with Gasteiger partial charge < -0.3 is 10.8 Å². The van der Waals surface area contributed by atoms with Crippen molar-refractivity contribution >= 4 is 17.4 Å². The second-order valence-corrected chi connectivity index (χ2v) is 4.16. The Labute approximate surface area is 102 Å². The van der Waals surface area contributed by atoms with Crippen molar-refractivity contribution in [2.45, 2.75) is 6.92 Å². The number of phenolic OH excluding ortho intramolecular Hbond substituents is 1. The number of halogens is 2. The number of nitrogen functional groups attached to an aromatic ring is 1. The summed E-state index contributed by atoms with van der Waals surface area (Å²) in [5.74, 6) is -0.907. The lowest BCUT2D eigenvalue weighted by Gasteiger charge is -2.10. The highest BCUT2D eigenvalue weighted by molar-refractivity contribution is 6.31. The Hall–Kier alpha value is -1.75. The lowest BCUT2D eigenvalue weighted by Crippen LogP contribution is -1.99.